The molecule has 0 bridgehead atoms. The van der Waals surface area contributed by atoms with E-state index in [0.717, 1.165) is 12.1 Å². The summed E-state index contributed by atoms with van der Waals surface area (Å²) in [6.45, 7) is 0. The molecule has 2 heterocycles. The van der Waals surface area contributed by atoms with Crippen molar-refractivity contribution >= 4 is 34.4 Å². The van der Waals surface area contributed by atoms with E-state index >= 15 is 0 Å². The van der Waals surface area contributed by atoms with Gasteiger partial charge >= 0.3 is 0 Å². The van der Waals surface area contributed by atoms with E-state index in [2.05, 4.69) is 9.97 Å². The molecule has 4 rings (SSSR count). The van der Waals surface area contributed by atoms with Crippen LogP contribution in [0.5, 0.6) is 0 Å². The Morgan fingerprint density at radius 1 is 1.07 bits per heavy atom. The van der Waals surface area contributed by atoms with Gasteiger partial charge in [0, 0.05) is 24.1 Å². The minimum absolute atomic E-state index is 0.142. The summed E-state index contributed by atoms with van der Waals surface area (Å²) >= 11 is 11.7. The molecule has 5 nitrogen and oxygen atoms in total. The molecule has 0 aliphatic heterocycles. The molecule has 0 saturated carbocycles. The first kappa shape index (κ1) is 18.6. The molecule has 9 heteroatoms. The Morgan fingerprint density at radius 2 is 1.79 bits per heavy atom. The van der Waals surface area contributed by atoms with Crippen molar-refractivity contribution in [2.24, 2.45) is 7.05 Å². The fraction of sp³-hybridized carbons (Fsp3) is 0.105. The number of fused-ring (bicyclic) bond motifs is 1. The van der Waals surface area contributed by atoms with Crippen LogP contribution in [-0.4, -0.2) is 19.1 Å². The van der Waals surface area contributed by atoms with Crippen LogP contribution in [0.1, 0.15) is 11.4 Å². The van der Waals surface area contributed by atoms with Crippen molar-refractivity contribution in [2.45, 2.75) is 6.42 Å². The predicted molar refractivity (Wildman–Crippen MR) is 103 cm³/mol. The number of aromatic nitrogens is 4. The number of hydrogen-bond donors (Lipinski definition) is 0. The third kappa shape index (κ3) is 3.06. The molecular weight excluding hydrogens is 409 g/mol. The molecule has 0 radical (unpaired) electrons. The third-order valence-electron chi connectivity index (χ3n) is 4.36. The summed E-state index contributed by atoms with van der Waals surface area (Å²) in [5.41, 5.74) is 0.183. The summed E-state index contributed by atoms with van der Waals surface area (Å²) in [4.78, 5) is 21.6. The van der Waals surface area contributed by atoms with Crippen LogP contribution >= 0.6 is 23.2 Å². The lowest BCUT2D eigenvalue weighted by Crippen LogP contribution is -2.25. The summed E-state index contributed by atoms with van der Waals surface area (Å²) in [5.74, 6) is -1.52. The van der Waals surface area contributed by atoms with Crippen LogP contribution in [0.2, 0.25) is 10.0 Å². The zero-order valence-corrected chi connectivity index (χ0v) is 16.0. The fourth-order valence-electron chi connectivity index (χ4n) is 2.97. The van der Waals surface area contributed by atoms with E-state index in [1.165, 1.54) is 10.9 Å². The van der Waals surface area contributed by atoms with Gasteiger partial charge in [-0.25, -0.2) is 18.7 Å². The second-order valence-corrected chi connectivity index (χ2v) is 7.01. The van der Waals surface area contributed by atoms with Gasteiger partial charge in [0.25, 0.3) is 5.56 Å². The second kappa shape index (κ2) is 7.00. The second-order valence-electron chi connectivity index (χ2n) is 6.17. The standard InChI is InChI=1S/C19H12Cl2F2N4O/c1-26-9-24-17-18(26)25-15(8-12-14(22)7-6-13(21)16(12)23)27(19(17)28)11-4-2-10(20)3-5-11/h2-7,9H,8H2,1H3. The molecule has 2 aromatic heterocycles. The molecule has 0 fully saturated rings. The highest BCUT2D eigenvalue weighted by Crippen LogP contribution is 2.24. The monoisotopic (exact) mass is 420 g/mol. The maximum Gasteiger partial charge on any atom is 0.286 e. The van der Waals surface area contributed by atoms with Gasteiger partial charge in [-0.2, -0.15) is 0 Å². The van der Waals surface area contributed by atoms with Gasteiger partial charge < -0.3 is 4.57 Å². The van der Waals surface area contributed by atoms with Gasteiger partial charge in [-0.05, 0) is 36.4 Å². The molecule has 0 aliphatic carbocycles. The average molecular weight is 421 g/mol. The number of benzene rings is 2. The summed E-state index contributed by atoms with van der Waals surface area (Å²) in [5, 5.41) is 0.274. The third-order valence-corrected chi connectivity index (χ3v) is 4.91. The number of nitrogens with zero attached hydrogens (tertiary/aromatic N) is 4. The molecule has 0 spiro atoms. The topological polar surface area (TPSA) is 52.7 Å². The lowest BCUT2D eigenvalue weighted by atomic mass is 10.1. The van der Waals surface area contributed by atoms with E-state index in [9.17, 15) is 13.6 Å². The van der Waals surface area contributed by atoms with Gasteiger partial charge in [-0.15, -0.1) is 0 Å². The summed E-state index contributed by atoms with van der Waals surface area (Å²) in [6.07, 6.45) is 1.17. The normalized spacial score (nSPS) is 11.3. The fourth-order valence-corrected chi connectivity index (χ4v) is 3.27. The van der Waals surface area contributed by atoms with E-state index in [1.807, 2.05) is 0 Å². The number of hydrogen-bond acceptors (Lipinski definition) is 3. The average Bonchev–Trinajstić information content (AvgIpc) is 3.04. The Labute approximate surface area is 167 Å². The van der Waals surface area contributed by atoms with Crippen LogP contribution in [-0.2, 0) is 13.5 Å². The van der Waals surface area contributed by atoms with Gasteiger partial charge in [-0.3, -0.25) is 9.36 Å². The van der Waals surface area contributed by atoms with Gasteiger partial charge in [-0.1, -0.05) is 23.2 Å². The maximum atomic E-state index is 14.4. The smallest absolute Gasteiger partial charge is 0.286 e. The Hall–Kier alpha value is -2.77. The minimum Gasteiger partial charge on any atom is -0.318 e. The minimum atomic E-state index is -0.885. The van der Waals surface area contributed by atoms with E-state index in [4.69, 9.17) is 23.2 Å². The van der Waals surface area contributed by atoms with Crippen LogP contribution in [0.3, 0.4) is 0 Å². The molecule has 28 heavy (non-hydrogen) atoms. The Kier molecular flexibility index (Phi) is 4.64. The summed E-state index contributed by atoms with van der Waals surface area (Å²) in [6, 6.07) is 8.67. The van der Waals surface area contributed by atoms with Crippen molar-refractivity contribution in [2.75, 3.05) is 0 Å². The van der Waals surface area contributed by atoms with Crippen molar-refractivity contribution in [3.05, 3.63) is 86.1 Å². The largest absolute Gasteiger partial charge is 0.318 e. The van der Waals surface area contributed by atoms with E-state index in [0.29, 0.717) is 16.4 Å². The van der Waals surface area contributed by atoms with E-state index in [-0.39, 0.29) is 28.3 Å². The van der Waals surface area contributed by atoms with Crippen molar-refractivity contribution < 1.29 is 8.78 Å². The molecule has 142 valence electrons. The predicted octanol–water partition coefficient (Wildman–Crippen LogP) is 4.30. The molecule has 0 saturated heterocycles. The van der Waals surface area contributed by atoms with Crippen molar-refractivity contribution in [1.82, 2.24) is 19.1 Å². The lowest BCUT2D eigenvalue weighted by Gasteiger charge is -2.14. The van der Waals surface area contributed by atoms with Gasteiger partial charge in [0.2, 0.25) is 0 Å². The Bertz CT molecular complexity index is 1270. The van der Waals surface area contributed by atoms with Crippen LogP contribution in [0.15, 0.2) is 47.5 Å². The van der Waals surface area contributed by atoms with Crippen LogP contribution in [0.4, 0.5) is 8.78 Å². The number of rotatable bonds is 3. The highest BCUT2D eigenvalue weighted by Gasteiger charge is 2.20. The van der Waals surface area contributed by atoms with Crippen LogP contribution in [0, 0.1) is 11.6 Å². The van der Waals surface area contributed by atoms with Gasteiger partial charge in [0.05, 0.1) is 17.0 Å². The summed E-state index contributed by atoms with van der Waals surface area (Å²) in [7, 11) is 1.68. The molecular formula is C19H12Cl2F2N4O. The molecule has 0 amide bonds. The number of aryl methyl sites for hydroxylation is 1. The highest BCUT2D eigenvalue weighted by molar-refractivity contribution is 6.31. The Balaban J connectivity index is 2.00. The van der Waals surface area contributed by atoms with Crippen molar-refractivity contribution in [3.63, 3.8) is 0 Å². The van der Waals surface area contributed by atoms with Crippen LogP contribution < -0.4 is 5.56 Å². The zero-order valence-electron chi connectivity index (χ0n) is 14.5. The molecule has 0 unspecified atom stereocenters. The number of imidazole rings is 1. The van der Waals surface area contributed by atoms with E-state index < -0.39 is 17.2 Å². The molecule has 0 aliphatic rings. The van der Waals surface area contributed by atoms with E-state index in [1.54, 1.807) is 35.9 Å². The van der Waals surface area contributed by atoms with Crippen LogP contribution in [0.25, 0.3) is 16.9 Å². The molecule has 4 aromatic rings. The molecule has 0 atom stereocenters. The first-order valence-corrected chi connectivity index (χ1v) is 8.93. The molecule has 0 N–H and O–H groups in total. The number of halogens is 4. The first-order valence-electron chi connectivity index (χ1n) is 8.18. The van der Waals surface area contributed by atoms with Crippen molar-refractivity contribution in [3.8, 4) is 5.69 Å². The first-order chi connectivity index (χ1) is 13.4. The summed E-state index contributed by atoms with van der Waals surface area (Å²) < 4.78 is 31.6. The van der Waals surface area contributed by atoms with Gasteiger partial charge in [0.1, 0.15) is 17.5 Å². The zero-order chi connectivity index (χ0) is 20.0. The SMILES string of the molecule is Cn1cnc2c(=O)n(-c3ccc(Cl)cc3)c(Cc3c(F)ccc(Cl)c3F)nc21. The highest BCUT2D eigenvalue weighted by atomic mass is 35.5. The van der Waals surface area contributed by atoms with Crippen molar-refractivity contribution in [1.29, 1.82) is 0 Å². The maximum absolute atomic E-state index is 14.4. The lowest BCUT2D eigenvalue weighted by molar-refractivity contribution is 0.558. The quantitative estimate of drug-likeness (QED) is 0.464. The Morgan fingerprint density at radius 3 is 2.50 bits per heavy atom. The molecule has 2 aromatic carbocycles. The van der Waals surface area contributed by atoms with Gasteiger partial charge in [0.15, 0.2) is 11.2 Å².